The third-order valence-electron chi connectivity index (χ3n) is 4.59. The number of carbonyl (C=O) groups is 6. The SMILES string of the molecule is O=C(O)C[C@H](NC(=O)c1ccc(-c2ccc(C(=O)N[C@@H](CC(=O)O)C(=O)O)cc2)cc1)C(=O)O. The number of carboxylic acids is 4. The van der Waals surface area contributed by atoms with Gasteiger partial charge >= 0.3 is 23.9 Å². The molecule has 0 aliphatic carbocycles. The van der Waals surface area contributed by atoms with E-state index in [0.29, 0.717) is 11.1 Å². The van der Waals surface area contributed by atoms with E-state index in [1.807, 2.05) is 0 Å². The summed E-state index contributed by atoms with van der Waals surface area (Å²) in [6.45, 7) is 0. The standard InChI is InChI=1S/C22H20N2O10/c25-17(26)9-15(21(31)32)23-19(29)13-5-1-11(2-6-13)12-3-7-14(8-4-12)20(30)24-16(22(33)34)10-18(27)28/h1-8,15-16H,9-10H2,(H,23,29)(H,24,30)(H,25,26)(H,27,28)(H,31,32)(H,33,34)/t15-,16-/m0/s1. The number of carboxylic acid groups (broad SMARTS) is 4. The van der Waals surface area contributed by atoms with Crippen LogP contribution < -0.4 is 10.6 Å². The molecule has 12 nitrogen and oxygen atoms in total. The lowest BCUT2D eigenvalue weighted by atomic mass is 10.0. The van der Waals surface area contributed by atoms with Gasteiger partial charge in [-0.25, -0.2) is 9.59 Å². The summed E-state index contributed by atoms with van der Waals surface area (Å²) in [5.41, 5.74) is 1.49. The first kappa shape index (κ1) is 25.5. The monoisotopic (exact) mass is 472 g/mol. The molecule has 0 saturated heterocycles. The molecule has 0 fully saturated rings. The Labute approximate surface area is 191 Å². The minimum atomic E-state index is -1.58. The topological polar surface area (TPSA) is 207 Å². The summed E-state index contributed by atoms with van der Waals surface area (Å²) < 4.78 is 0. The molecule has 34 heavy (non-hydrogen) atoms. The van der Waals surface area contributed by atoms with E-state index in [2.05, 4.69) is 10.6 Å². The van der Waals surface area contributed by atoms with Crippen LogP contribution in [0.3, 0.4) is 0 Å². The van der Waals surface area contributed by atoms with E-state index >= 15 is 0 Å². The smallest absolute Gasteiger partial charge is 0.326 e. The Kier molecular flexibility index (Phi) is 8.42. The van der Waals surface area contributed by atoms with Gasteiger partial charge in [-0.2, -0.15) is 0 Å². The van der Waals surface area contributed by atoms with Gasteiger partial charge in [0.25, 0.3) is 11.8 Å². The second kappa shape index (κ2) is 11.2. The Morgan fingerprint density at radius 2 is 0.853 bits per heavy atom. The molecule has 6 N–H and O–H groups in total. The molecule has 0 radical (unpaired) electrons. The number of carbonyl (C=O) groups excluding carboxylic acids is 2. The number of benzene rings is 2. The van der Waals surface area contributed by atoms with E-state index in [1.54, 1.807) is 24.3 Å². The second-order valence-electron chi connectivity index (χ2n) is 7.08. The molecule has 2 aromatic carbocycles. The first-order valence-electron chi connectivity index (χ1n) is 9.69. The van der Waals surface area contributed by atoms with Gasteiger partial charge in [0.1, 0.15) is 12.1 Å². The molecular formula is C22H20N2O10. The molecule has 0 aliphatic heterocycles. The predicted octanol–water partition coefficient (Wildman–Crippen LogP) is 0.669. The van der Waals surface area contributed by atoms with E-state index < -0.39 is 60.6 Å². The third kappa shape index (κ3) is 7.15. The van der Waals surface area contributed by atoms with E-state index in [-0.39, 0.29) is 11.1 Å². The molecule has 178 valence electrons. The highest BCUT2D eigenvalue weighted by Gasteiger charge is 2.24. The van der Waals surface area contributed by atoms with Crippen molar-refractivity contribution in [3.05, 3.63) is 59.7 Å². The first-order chi connectivity index (χ1) is 16.0. The maximum atomic E-state index is 12.2. The lowest BCUT2D eigenvalue weighted by Gasteiger charge is -2.13. The molecule has 2 amide bonds. The Balaban J connectivity index is 2.08. The van der Waals surface area contributed by atoms with Crippen LogP contribution >= 0.6 is 0 Å². The summed E-state index contributed by atoms with van der Waals surface area (Å²) in [5.74, 6) is -7.23. The number of amides is 2. The van der Waals surface area contributed by atoms with Gasteiger partial charge in [0, 0.05) is 11.1 Å². The molecule has 0 aliphatic rings. The van der Waals surface area contributed by atoms with Gasteiger partial charge in [-0.1, -0.05) is 24.3 Å². The van der Waals surface area contributed by atoms with Crippen LogP contribution in [0, 0.1) is 0 Å². The highest BCUT2D eigenvalue weighted by Crippen LogP contribution is 2.21. The van der Waals surface area contributed by atoms with Crippen molar-refractivity contribution in [2.24, 2.45) is 0 Å². The average molecular weight is 472 g/mol. The minimum Gasteiger partial charge on any atom is -0.481 e. The lowest BCUT2D eigenvalue weighted by molar-refractivity contribution is -0.145. The largest absolute Gasteiger partial charge is 0.481 e. The van der Waals surface area contributed by atoms with Gasteiger partial charge < -0.3 is 31.1 Å². The first-order valence-corrected chi connectivity index (χ1v) is 9.69. The summed E-state index contributed by atoms with van der Waals surface area (Å²) in [4.78, 5) is 68.1. The fourth-order valence-electron chi connectivity index (χ4n) is 2.86. The third-order valence-corrected chi connectivity index (χ3v) is 4.59. The molecule has 12 heteroatoms. The molecule has 0 aromatic heterocycles. The average Bonchev–Trinajstić information content (AvgIpc) is 2.77. The van der Waals surface area contributed by atoms with Gasteiger partial charge in [0.2, 0.25) is 0 Å². The van der Waals surface area contributed by atoms with E-state index in [1.165, 1.54) is 24.3 Å². The van der Waals surface area contributed by atoms with E-state index in [0.717, 1.165) is 0 Å². The van der Waals surface area contributed by atoms with Gasteiger partial charge in [0.05, 0.1) is 12.8 Å². The van der Waals surface area contributed by atoms with E-state index in [4.69, 9.17) is 20.4 Å². The molecule has 0 saturated carbocycles. The Morgan fingerprint density at radius 1 is 0.559 bits per heavy atom. The van der Waals surface area contributed by atoms with Crippen LogP contribution in [0.4, 0.5) is 0 Å². The van der Waals surface area contributed by atoms with Crippen molar-refractivity contribution in [2.75, 3.05) is 0 Å². The summed E-state index contributed by atoms with van der Waals surface area (Å²) >= 11 is 0. The number of aliphatic carboxylic acids is 4. The Hall–Kier alpha value is -4.74. The van der Waals surface area contributed by atoms with Gasteiger partial charge in [0.15, 0.2) is 0 Å². The summed E-state index contributed by atoms with van der Waals surface area (Å²) in [5, 5.41) is 39.8. The van der Waals surface area contributed by atoms with Crippen molar-refractivity contribution in [3.8, 4) is 11.1 Å². The van der Waals surface area contributed by atoms with Crippen LogP contribution in [0.5, 0.6) is 0 Å². The quantitative estimate of drug-likeness (QED) is 0.269. The maximum Gasteiger partial charge on any atom is 0.326 e. The van der Waals surface area contributed by atoms with Crippen LogP contribution in [0.2, 0.25) is 0 Å². The second-order valence-corrected chi connectivity index (χ2v) is 7.08. The Morgan fingerprint density at radius 3 is 1.09 bits per heavy atom. The summed E-state index contributed by atoms with van der Waals surface area (Å²) in [7, 11) is 0. The van der Waals surface area contributed by atoms with Crippen molar-refractivity contribution < 1.29 is 49.2 Å². The molecular weight excluding hydrogens is 452 g/mol. The predicted molar refractivity (Wildman–Crippen MR) is 114 cm³/mol. The summed E-state index contributed by atoms with van der Waals surface area (Å²) in [6.07, 6.45) is -1.55. The highest BCUT2D eigenvalue weighted by molar-refractivity contribution is 5.98. The highest BCUT2D eigenvalue weighted by atomic mass is 16.4. The normalized spacial score (nSPS) is 12.1. The molecule has 0 heterocycles. The van der Waals surface area contributed by atoms with Crippen molar-refractivity contribution >= 4 is 35.7 Å². The van der Waals surface area contributed by atoms with Crippen LogP contribution in [-0.4, -0.2) is 68.2 Å². The van der Waals surface area contributed by atoms with Crippen LogP contribution in [0.1, 0.15) is 33.6 Å². The van der Waals surface area contributed by atoms with Gasteiger partial charge in [-0.3, -0.25) is 19.2 Å². The molecule has 0 spiro atoms. The maximum absolute atomic E-state index is 12.2. The molecule has 2 aromatic rings. The zero-order valence-electron chi connectivity index (χ0n) is 17.4. The van der Waals surface area contributed by atoms with Crippen LogP contribution in [0.15, 0.2) is 48.5 Å². The fraction of sp³-hybridized carbons (Fsp3) is 0.182. The zero-order chi connectivity index (χ0) is 25.4. The Bertz CT molecular complexity index is 1020. The fourth-order valence-corrected chi connectivity index (χ4v) is 2.86. The van der Waals surface area contributed by atoms with Gasteiger partial charge in [-0.05, 0) is 35.4 Å². The molecule has 2 atom stereocenters. The molecule has 2 rings (SSSR count). The number of hydrogen-bond donors (Lipinski definition) is 6. The van der Waals surface area contributed by atoms with Crippen molar-refractivity contribution in [3.63, 3.8) is 0 Å². The van der Waals surface area contributed by atoms with E-state index in [9.17, 15) is 28.8 Å². The minimum absolute atomic E-state index is 0.106. The lowest BCUT2D eigenvalue weighted by Crippen LogP contribution is -2.42. The van der Waals surface area contributed by atoms with Crippen molar-refractivity contribution in [2.45, 2.75) is 24.9 Å². The van der Waals surface area contributed by atoms with Crippen molar-refractivity contribution in [1.29, 1.82) is 0 Å². The summed E-state index contributed by atoms with van der Waals surface area (Å²) in [6, 6.07) is 8.72. The number of hydrogen-bond acceptors (Lipinski definition) is 6. The molecule has 0 bridgehead atoms. The van der Waals surface area contributed by atoms with Crippen LogP contribution in [0.25, 0.3) is 11.1 Å². The number of rotatable bonds is 11. The van der Waals surface area contributed by atoms with Crippen LogP contribution in [-0.2, 0) is 19.2 Å². The molecule has 0 unspecified atom stereocenters. The van der Waals surface area contributed by atoms with Crippen molar-refractivity contribution in [1.82, 2.24) is 10.6 Å². The van der Waals surface area contributed by atoms with Gasteiger partial charge in [-0.15, -0.1) is 0 Å². The number of nitrogens with one attached hydrogen (secondary N) is 2. The zero-order valence-corrected chi connectivity index (χ0v) is 17.4.